The van der Waals surface area contributed by atoms with E-state index < -0.39 is 54.4 Å². The number of benzene rings is 8. The van der Waals surface area contributed by atoms with Crippen LogP contribution in [0.4, 0.5) is 0 Å². The molecule has 24 heteroatoms. The van der Waals surface area contributed by atoms with Gasteiger partial charge in [0.15, 0.2) is 11.6 Å². The fraction of sp³-hybridized carbons (Fsp3) is 0.0455. The SMILES string of the molecule is O=C(C1=C(C(=O)c2csc3ccccc23)SC2(S1)C(N1CCSC3=C1C1(SC(C(=O)c4csc5ccccc45)=C(C(=O)c4csc5ccccc45)S1)C(C(=O)c1csc4ccccc14)=C(C(=O)c1csc4ccccc14)S3)=CSC(C(=O)c1csc3ccccc13)=C2C(=O)c1csc2ccccc12)c1csc2ccccc12. The molecule has 2 spiro atoms. The molecule has 8 aromatic carbocycles. The summed E-state index contributed by atoms with van der Waals surface area (Å²) in [6.07, 6.45) is 0. The second kappa shape index (κ2) is 28.2. The minimum Gasteiger partial charge on any atom is -0.341 e. The molecule has 0 radical (unpaired) electrons. The highest BCUT2D eigenvalue weighted by molar-refractivity contribution is 8.28. The number of nitrogens with zero attached hydrogens (tertiary/aromatic N) is 1. The van der Waals surface area contributed by atoms with Crippen LogP contribution >= 0.6 is 173 Å². The lowest BCUT2D eigenvalue weighted by Gasteiger charge is -2.50. The van der Waals surface area contributed by atoms with Crippen LogP contribution in [0.15, 0.2) is 299 Å². The molecule has 16 aromatic rings. The van der Waals surface area contributed by atoms with Gasteiger partial charge in [0.05, 0.1) is 56.2 Å². The molecule has 0 amide bonds. The molecule has 0 saturated carbocycles. The van der Waals surface area contributed by atoms with E-state index in [-0.39, 0.29) is 47.1 Å². The lowest BCUT2D eigenvalue weighted by molar-refractivity contribution is 0.100. The molecule has 9 nitrogen and oxygen atoms in total. The molecule has 0 fully saturated rings. The van der Waals surface area contributed by atoms with Gasteiger partial charge in [-0.25, -0.2) is 0 Å². The van der Waals surface area contributed by atoms with Crippen molar-refractivity contribution in [3.8, 4) is 0 Å². The maximum atomic E-state index is 17.6. The standard InChI is InChI=1S/C88H45NO8S15/c90-71(52-35-99-60-25-9-1-17-44(52)60)69-79(73(92)54-37-101-62-27-11-3-19-46(54)62)107-43-68(87(69)109-81(75(94)56-39-103-64-29-13-5-21-48(56)64)82(110-87)76(95)57-40-104-65-30-14-6-22-49(57)65)89-33-34-98-86-85(89)88(70(72(91)53-36-100-61-26-10-2-18-45(53)61)80(108-86)74(93)55-38-102-63-28-12-4-20-47(55)63)111-83(77(96)58-41-105-66-31-15-7-23-50(58)66)84(112-88)78(97)59-42-106-67-32-16-8-24-51(59)67/h1-32,35-43H,33-34H2. The zero-order valence-electron chi connectivity index (χ0n) is 57.4. The van der Waals surface area contributed by atoms with Gasteiger partial charge in [-0.3, -0.25) is 38.4 Å². The highest BCUT2D eigenvalue weighted by atomic mass is 32.2. The molecule has 8 aromatic heterocycles. The third kappa shape index (κ3) is 11.2. The molecule has 5 aliphatic heterocycles. The van der Waals surface area contributed by atoms with E-state index in [9.17, 15) is 0 Å². The predicted molar refractivity (Wildman–Crippen MR) is 483 cm³/mol. The summed E-state index contributed by atoms with van der Waals surface area (Å²) in [5.74, 6) is -3.39. The number of allylic oxidation sites excluding steroid dienone is 6. The Hall–Kier alpha value is -8.51. The summed E-state index contributed by atoms with van der Waals surface area (Å²) in [7, 11) is 0. The second-order valence-electron chi connectivity index (χ2n) is 26.5. The van der Waals surface area contributed by atoms with E-state index in [1.807, 2.05) is 243 Å². The van der Waals surface area contributed by atoms with E-state index in [1.165, 1.54) is 114 Å². The Kier molecular flexibility index (Phi) is 17.9. The zero-order chi connectivity index (χ0) is 75.4. The number of rotatable bonds is 17. The first kappa shape index (κ1) is 71.3. The van der Waals surface area contributed by atoms with Gasteiger partial charge in [0.2, 0.25) is 34.7 Å². The Labute approximate surface area is 699 Å². The fourth-order valence-corrected chi connectivity index (χ4v) is 34.1. The van der Waals surface area contributed by atoms with Crippen LogP contribution in [-0.2, 0) is 0 Å². The van der Waals surface area contributed by atoms with Crippen molar-refractivity contribution in [2.75, 3.05) is 12.3 Å². The van der Waals surface area contributed by atoms with E-state index in [2.05, 4.69) is 4.90 Å². The Morgan fingerprint density at radius 2 is 0.518 bits per heavy atom. The van der Waals surface area contributed by atoms with Crippen LogP contribution in [0.5, 0.6) is 0 Å². The summed E-state index contributed by atoms with van der Waals surface area (Å²) in [6, 6.07) is 61.2. The van der Waals surface area contributed by atoms with Gasteiger partial charge in [-0.15, -0.1) is 102 Å². The van der Waals surface area contributed by atoms with Crippen LogP contribution in [0.1, 0.15) is 82.9 Å². The molecule has 21 rings (SSSR count). The first-order chi connectivity index (χ1) is 54.8. The lowest BCUT2D eigenvalue weighted by Crippen LogP contribution is -2.49. The maximum Gasteiger partial charge on any atom is 0.202 e. The van der Waals surface area contributed by atoms with Crippen LogP contribution in [0.25, 0.3) is 80.7 Å². The summed E-state index contributed by atoms with van der Waals surface area (Å²) in [5, 5.41) is 21.8. The van der Waals surface area contributed by atoms with Gasteiger partial charge in [0, 0.05) is 181 Å². The average molecular weight is 1730 g/mol. The summed E-state index contributed by atoms with van der Waals surface area (Å²) in [6.45, 7) is 0.124. The summed E-state index contributed by atoms with van der Waals surface area (Å²) >= 11 is 19.3. The van der Waals surface area contributed by atoms with E-state index in [0.717, 1.165) is 96.4 Å². The van der Waals surface area contributed by atoms with Crippen LogP contribution < -0.4 is 0 Å². The molecule has 0 bridgehead atoms. The van der Waals surface area contributed by atoms with Crippen molar-refractivity contribution in [2.45, 2.75) is 8.16 Å². The van der Waals surface area contributed by atoms with Gasteiger partial charge in [-0.1, -0.05) is 216 Å². The second-order valence-corrected chi connectivity index (χ2v) is 42.5. The quantitative estimate of drug-likeness (QED) is 0.0798. The van der Waals surface area contributed by atoms with E-state index in [0.29, 0.717) is 109 Å². The Bertz CT molecular complexity index is 6970. The lowest BCUT2D eigenvalue weighted by atomic mass is 9.92. The number of thiophene rings is 8. The maximum absolute atomic E-state index is 17.6. The Morgan fingerprint density at radius 3 is 0.812 bits per heavy atom. The highest BCUT2D eigenvalue weighted by Crippen LogP contribution is 2.73. The topological polar surface area (TPSA) is 140 Å². The van der Waals surface area contributed by atoms with Gasteiger partial charge < -0.3 is 4.90 Å². The predicted octanol–water partition coefficient (Wildman–Crippen LogP) is 26.6. The van der Waals surface area contributed by atoms with E-state index in [4.69, 9.17) is 0 Å². The molecule has 112 heavy (non-hydrogen) atoms. The van der Waals surface area contributed by atoms with Crippen molar-refractivity contribution in [1.82, 2.24) is 4.90 Å². The van der Waals surface area contributed by atoms with Crippen molar-refractivity contribution in [3.05, 3.63) is 343 Å². The van der Waals surface area contributed by atoms with Gasteiger partial charge in [-0.05, 0) is 53.9 Å². The third-order valence-electron chi connectivity index (χ3n) is 20.4. The van der Waals surface area contributed by atoms with Crippen molar-refractivity contribution in [2.24, 2.45) is 0 Å². The number of carbonyl (C=O) groups excluding carboxylic acids is 8. The first-order valence-electron chi connectivity index (χ1n) is 34.9. The van der Waals surface area contributed by atoms with Gasteiger partial charge in [0.1, 0.15) is 8.16 Å². The van der Waals surface area contributed by atoms with Crippen molar-refractivity contribution in [3.63, 3.8) is 0 Å². The fourth-order valence-electron chi connectivity index (χ4n) is 15.2. The van der Waals surface area contributed by atoms with Crippen molar-refractivity contribution in [1.29, 1.82) is 0 Å². The van der Waals surface area contributed by atoms with Crippen LogP contribution in [0.3, 0.4) is 0 Å². The minimum atomic E-state index is -1.98. The van der Waals surface area contributed by atoms with Crippen molar-refractivity contribution < 1.29 is 38.4 Å². The molecule has 540 valence electrons. The largest absolute Gasteiger partial charge is 0.341 e. The zero-order valence-corrected chi connectivity index (χ0v) is 69.7. The monoisotopic (exact) mass is 1720 g/mol. The molecule has 0 saturated heterocycles. The Morgan fingerprint density at radius 1 is 0.277 bits per heavy atom. The summed E-state index contributed by atoms with van der Waals surface area (Å²) < 4.78 is 3.35. The molecular formula is C88H45NO8S15. The van der Waals surface area contributed by atoms with E-state index >= 15 is 38.4 Å². The molecule has 0 aliphatic carbocycles. The number of hydrogen-bond donors (Lipinski definition) is 0. The first-order valence-corrected chi connectivity index (χ1v) is 47.8. The Balaban J connectivity index is 0.853. The highest BCUT2D eigenvalue weighted by Gasteiger charge is 2.64. The molecule has 5 aliphatic rings. The molecule has 0 unspecified atom stereocenters. The number of carbonyl (C=O) groups is 8. The number of Topliss-reactive ketones (excluding diaryl/α,β-unsaturated/α-hetero) is 8. The third-order valence-corrected chi connectivity index (χ3v) is 37.9. The van der Waals surface area contributed by atoms with Crippen molar-refractivity contribution >= 4 is 300 Å². The van der Waals surface area contributed by atoms with E-state index in [1.54, 1.807) is 0 Å². The normalized spacial score (nSPS) is 16.4. The molecule has 13 heterocycles. The number of fused-ring (bicyclic) bond motifs is 9. The van der Waals surface area contributed by atoms with Crippen LogP contribution in [0.2, 0.25) is 0 Å². The number of hydrogen-bond acceptors (Lipinski definition) is 24. The minimum absolute atomic E-state index is 0.0206. The smallest absolute Gasteiger partial charge is 0.202 e. The summed E-state index contributed by atoms with van der Waals surface area (Å²) in [5.41, 5.74) is 3.60. The molecular weight excluding hydrogens is 1680 g/mol. The summed E-state index contributed by atoms with van der Waals surface area (Å²) in [4.78, 5) is 139. The number of thioether (sulfide) groups is 7. The van der Waals surface area contributed by atoms with Gasteiger partial charge in [-0.2, -0.15) is 0 Å². The van der Waals surface area contributed by atoms with Gasteiger partial charge in [0.25, 0.3) is 0 Å². The number of ketones is 8. The molecule has 0 N–H and O–H groups in total. The van der Waals surface area contributed by atoms with Crippen LogP contribution in [0, 0.1) is 0 Å². The molecule has 0 atom stereocenters. The van der Waals surface area contributed by atoms with Crippen LogP contribution in [-0.4, -0.2) is 71.6 Å². The average Bonchev–Trinajstić information content (AvgIpc) is 1.48. The van der Waals surface area contributed by atoms with Gasteiger partial charge >= 0.3 is 0 Å².